The molecule has 4 rings (SSSR count). The zero-order valence-electron chi connectivity index (χ0n) is 17.9. The van der Waals surface area contributed by atoms with E-state index >= 15 is 4.39 Å². The van der Waals surface area contributed by atoms with Crippen molar-refractivity contribution >= 4 is 22.4 Å². The van der Waals surface area contributed by atoms with Crippen molar-refractivity contribution in [2.75, 3.05) is 13.7 Å². The van der Waals surface area contributed by atoms with Crippen molar-refractivity contribution in [1.82, 2.24) is 0 Å². The molecule has 0 unspecified atom stereocenters. The molecule has 0 fully saturated rings. The van der Waals surface area contributed by atoms with Gasteiger partial charge < -0.3 is 4.74 Å². The molecule has 1 nitrogen and oxygen atoms in total. The van der Waals surface area contributed by atoms with E-state index in [0.717, 1.165) is 17.7 Å². The maximum Gasteiger partial charge on any atom is 0.145 e. The second kappa shape index (κ2) is 9.94. The van der Waals surface area contributed by atoms with Gasteiger partial charge in [0, 0.05) is 18.1 Å². The number of fused-ring (bicyclic) bond motifs is 1. The van der Waals surface area contributed by atoms with E-state index in [-0.39, 0.29) is 18.7 Å². The summed E-state index contributed by atoms with van der Waals surface area (Å²) < 4.78 is 62.1. The fourth-order valence-electron chi connectivity index (χ4n) is 3.90. The number of halogens is 5. The first kappa shape index (κ1) is 23.3. The maximum atomic E-state index is 15.1. The van der Waals surface area contributed by atoms with E-state index in [9.17, 15) is 13.2 Å². The third-order valence-electron chi connectivity index (χ3n) is 5.70. The summed E-state index contributed by atoms with van der Waals surface area (Å²) in [4.78, 5) is 0. The van der Waals surface area contributed by atoms with Gasteiger partial charge in [0.1, 0.15) is 28.3 Å². The summed E-state index contributed by atoms with van der Waals surface area (Å²) in [6.45, 7) is 0.512. The quantitative estimate of drug-likeness (QED) is 0.198. The molecule has 0 N–H and O–H groups in total. The van der Waals surface area contributed by atoms with Crippen LogP contribution < -0.4 is 0 Å². The molecule has 0 saturated heterocycles. The van der Waals surface area contributed by atoms with Crippen LogP contribution in [0.15, 0.2) is 60.7 Å². The minimum Gasteiger partial charge on any atom is -0.384 e. The summed E-state index contributed by atoms with van der Waals surface area (Å²) in [5.41, 5.74) is 2.76. The van der Waals surface area contributed by atoms with E-state index in [2.05, 4.69) is 0 Å². The molecule has 33 heavy (non-hydrogen) atoms. The van der Waals surface area contributed by atoms with Gasteiger partial charge in [0.25, 0.3) is 0 Å². The van der Waals surface area contributed by atoms with Gasteiger partial charge in [-0.05, 0) is 71.2 Å². The van der Waals surface area contributed by atoms with Crippen LogP contribution >= 0.6 is 11.6 Å². The number of aryl methyl sites for hydroxylation is 2. The highest BCUT2D eigenvalue weighted by atomic mass is 35.5. The molecule has 4 aromatic carbocycles. The average Bonchev–Trinajstić information content (AvgIpc) is 2.80. The summed E-state index contributed by atoms with van der Waals surface area (Å²) in [7, 11) is 1.60. The lowest BCUT2D eigenvalue weighted by Gasteiger charge is -2.11. The Labute approximate surface area is 194 Å². The number of hydrogen-bond acceptors (Lipinski definition) is 1. The van der Waals surface area contributed by atoms with Crippen LogP contribution in [-0.2, 0) is 24.0 Å². The molecule has 170 valence electrons. The highest BCUT2D eigenvalue weighted by Gasteiger charge is 2.13. The normalized spacial score (nSPS) is 11.3. The molecule has 0 spiro atoms. The van der Waals surface area contributed by atoms with Gasteiger partial charge >= 0.3 is 0 Å². The molecule has 0 aliphatic carbocycles. The van der Waals surface area contributed by atoms with Gasteiger partial charge in [-0.1, -0.05) is 48.0 Å². The SMILES string of the molecule is COCCc1ccc(-c2ccc3c(F)c(CCc4cc(F)c(Cl)c(F)c4)ccc3c2)c(F)c1. The van der Waals surface area contributed by atoms with Crippen LogP contribution in [0.5, 0.6) is 0 Å². The van der Waals surface area contributed by atoms with E-state index in [1.807, 2.05) is 6.07 Å². The molecule has 0 atom stereocenters. The Balaban J connectivity index is 1.58. The molecule has 0 amide bonds. The van der Waals surface area contributed by atoms with Crippen LogP contribution in [0.4, 0.5) is 17.6 Å². The number of hydrogen-bond donors (Lipinski definition) is 0. The standard InChI is InChI=1S/C27H21ClF4O/c1-33-11-10-16-3-8-21(23(29)12-16)19-7-9-22-20(15-19)6-5-18(27(22)32)4-2-17-13-24(30)26(28)25(31)14-17/h3,5-9,12-15H,2,4,10-11H2,1H3. The van der Waals surface area contributed by atoms with Crippen LogP contribution in [0, 0.1) is 23.3 Å². The highest BCUT2D eigenvalue weighted by Crippen LogP contribution is 2.30. The molecule has 0 bridgehead atoms. The molecule has 0 aliphatic heterocycles. The average molecular weight is 473 g/mol. The second-order valence-electron chi connectivity index (χ2n) is 7.91. The first-order chi connectivity index (χ1) is 15.9. The Kier molecular flexibility index (Phi) is 7.01. The Morgan fingerprint density at radius 2 is 1.45 bits per heavy atom. The summed E-state index contributed by atoms with van der Waals surface area (Å²) in [6.07, 6.45) is 1.14. The summed E-state index contributed by atoms with van der Waals surface area (Å²) >= 11 is 5.51. The lowest BCUT2D eigenvalue weighted by Crippen LogP contribution is -1.98. The lowest BCUT2D eigenvalue weighted by atomic mass is 9.96. The van der Waals surface area contributed by atoms with Gasteiger partial charge in [-0.25, -0.2) is 17.6 Å². The van der Waals surface area contributed by atoms with Crippen molar-refractivity contribution in [3.8, 4) is 11.1 Å². The number of ether oxygens (including phenoxy) is 1. The predicted octanol–water partition coefficient (Wildman–Crippen LogP) is 7.69. The van der Waals surface area contributed by atoms with Crippen molar-refractivity contribution in [1.29, 1.82) is 0 Å². The van der Waals surface area contributed by atoms with Gasteiger partial charge in [0.2, 0.25) is 0 Å². The molecule has 0 aromatic heterocycles. The van der Waals surface area contributed by atoms with Gasteiger partial charge in [0.15, 0.2) is 0 Å². The fraction of sp³-hybridized carbons (Fsp3) is 0.185. The monoisotopic (exact) mass is 472 g/mol. The molecule has 0 radical (unpaired) electrons. The zero-order valence-corrected chi connectivity index (χ0v) is 18.7. The van der Waals surface area contributed by atoms with Gasteiger partial charge in [-0.3, -0.25) is 0 Å². The Bertz CT molecular complexity index is 1300. The minimum atomic E-state index is -0.836. The van der Waals surface area contributed by atoms with Crippen LogP contribution in [0.2, 0.25) is 5.02 Å². The van der Waals surface area contributed by atoms with Crippen molar-refractivity contribution in [2.45, 2.75) is 19.3 Å². The van der Waals surface area contributed by atoms with Gasteiger partial charge in [-0.2, -0.15) is 0 Å². The maximum absolute atomic E-state index is 15.1. The molecule has 0 heterocycles. The Morgan fingerprint density at radius 1 is 0.727 bits per heavy atom. The third-order valence-corrected chi connectivity index (χ3v) is 6.06. The van der Waals surface area contributed by atoms with Crippen molar-refractivity contribution < 1.29 is 22.3 Å². The van der Waals surface area contributed by atoms with Gasteiger partial charge in [0.05, 0.1) is 6.61 Å². The Hall–Kier alpha value is -2.89. The van der Waals surface area contributed by atoms with E-state index in [0.29, 0.717) is 46.1 Å². The molecular weight excluding hydrogens is 452 g/mol. The Morgan fingerprint density at radius 3 is 2.15 bits per heavy atom. The first-order valence-electron chi connectivity index (χ1n) is 10.5. The minimum absolute atomic E-state index is 0.256. The number of benzene rings is 4. The van der Waals surface area contributed by atoms with Crippen molar-refractivity contribution in [3.05, 3.63) is 106 Å². The smallest absolute Gasteiger partial charge is 0.145 e. The lowest BCUT2D eigenvalue weighted by molar-refractivity contribution is 0.202. The number of rotatable bonds is 7. The third kappa shape index (κ3) is 5.05. The first-order valence-corrected chi connectivity index (χ1v) is 10.9. The van der Waals surface area contributed by atoms with Crippen LogP contribution in [-0.4, -0.2) is 13.7 Å². The largest absolute Gasteiger partial charge is 0.384 e. The summed E-state index contributed by atoms with van der Waals surface area (Å²) in [5, 5.41) is 0.495. The second-order valence-corrected chi connectivity index (χ2v) is 8.28. The predicted molar refractivity (Wildman–Crippen MR) is 124 cm³/mol. The van der Waals surface area contributed by atoms with Crippen molar-refractivity contribution in [2.24, 2.45) is 0 Å². The van der Waals surface area contributed by atoms with Crippen LogP contribution in [0.3, 0.4) is 0 Å². The topological polar surface area (TPSA) is 9.23 Å². The van der Waals surface area contributed by atoms with E-state index in [1.165, 1.54) is 6.07 Å². The van der Waals surface area contributed by atoms with E-state index in [1.54, 1.807) is 43.5 Å². The fourth-order valence-corrected chi connectivity index (χ4v) is 4.01. The molecular formula is C27H21ClF4O. The molecule has 0 aliphatic rings. The van der Waals surface area contributed by atoms with E-state index in [4.69, 9.17) is 16.3 Å². The van der Waals surface area contributed by atoms with Crippen LogP contribution in [0.1, 0.15) is 16.7 Å². The van der Waals surface area contributed by atoms with Crippen molar-refractivity contribution in [3.63, 3.8) is 0 Å². The molecule has 6 heteroatoms. The van der Waals surface area contributed by atoms with E-state index < -0.39 is 22.5 Å². The zero-order chi connectivity index (χ0) is 23.5. The van der Waals surface area contributed by atoms with Crippen LogP contribution in [0.25, 0.3) is 21.9 Å². The molecule has 0 saturated carbocycles. The highest BCUT2D eigenvalue weighted by molar-refractivity contribution is 6.30. The number of methoxy groups -OCH3 is 1. The summed E-state index contributed by atoms with van der Waals surface area (Å²) in [6, 6.07) is 15.9. The van der Waals surface area contributed by atoms with Gasteiger partial charge in [-0.15, -0.1) is 0 Å². The summed E-state index contributed by atoms with van der Waals surface area (Å²) in [5.74, 6) is -2.42. The molecule has 4 aromatic rings.